The molecule has 0 saturated carbocycles. The largest absolute Gasteiger partial charge is 0.318 e. The SMILES string of the molecule is CCc1ccc(C(C)(N)c2ccccc2)cc1. The molecule has 0 spiro atoms. The van der Waals surface area contributed by atoms with Gasteiger partial charge >= 0.3 is 0 Å². The van der Waals surface area contributed by atoms with E-state index in [1.165, 1.54) is 5.56 Å². The number of benzene rings is 2. The number of aryl methyl sites for hydroxylation is 1. The standard InChI is InChI=1S/C16H19N/c1-3-13-9-11-15(12-10-13)16(2,17)14-7-5-4-6-8-14/h4-12H,3,17H2,1-2H3. The minimum atomic E-state index is -0.423. The highest BCUT2D eigenvalue weighted by atomic mass is 14.7. The second-order valence-electron chi connectivity index (χ2n) is 4.62. The molecule has 0 aliphatic rings. The highest BCUT2D eigenvalue weighted by molar-refractivity contribution is 5.38. The Bertz CT molecular complexity index is 469. The lowest BCUT2D eigenvalue weighted by molar-refractivity contribution is 0.603. The normalized spacial score (nSPS) is 14.3. The Kier molecular flexibility index (Phi) is 3.30. The van der Waals surface area contributed by atoms with Gasteiger partial charge in [-0.3, -0.25) is 0 Å². The Morgan fingerprint density at radius 2 is 1.41 bits per heavy atom. The van der Waals surface area contributed by atoms with Crippen molar-refractivity contribution in [1.82, 2.24) is 0 Å². The van der Waals surface area contributed by atoms with Crippen LogP contribution in [0.25, 0.3) is 0 Å². The van der Waals surface area contributed by atoms with Crippen LogP contribution in [0.1, 0.15) is 30.5 Å². The van der Waals surface area contributed by atoms with Crippen LogP contribution in [0.4, 0.5) is 0 Å². The average molecular weight is 225 g/mol. The molecule has 2 aromatic rings. The lowest BCUT2D eigenvalue weighted by atomic mass is 9.85. The van der Waals surface area contributed by atoms with Crippen molar-refractivity contribution in [3.63, 3.8) is 0 Å². The zero-order chi connectivity index (χ0) is 12.3. The number of nitrogens with two attached hydrogens (primary N) is 1. The Balaban J connectivity index is 2.37. The maximum atomic E-state index is 6.45. The molecule has 88 valence electrons. The Labute approximate surface area is 103 Å². The Morgan fingerprint density at radius 1 is 0.882 bits per heavy atom. The smallest absolute Gasteiger partial charge is 0.0636 e. The van der Waals surface area contributed by atoms with E-state index in [-0.39, 0.29) is 0 Å². The summed E-state index contributed by atoms with van der Waals surface area (Å²) >= 11 is 0. The monoisotopic (exact) mass is 225 g/mol. The van der Waals surface area contributed by atoms with E-state index in [1.807, 2.05) is 18.2 Å². The predicted molar refractivity (Wildman–Crippen MR) is 72.9 cm³/mol. The molecule has 17 heavy (non-hydrogen) atoms. The first-order valence-corrected chi connectivity index (χ1v) is 6.08. The summed E-state index contributed by atoms with van der Waals surface area (Å²) in [5, 5.41) is 0. The fraction of sp³-hybridized carbons (Fsp3) is 0.250. The van der Waals surface area contributed by atoms with E-state index >= 15 is 0 Å². The van der Waals surface area contributed by atoms with E-state index in [0.29, 0.717) is 0 Å². The van der Waals surface area contributed by atoms with Crippen LogP contribution in [-0.2, 0) is 12.0 Å². The maximum absolute atomic E-state index is 6.45. The fourth-order valence-corrected chi connectivity index (χ4v) is 2.04. The molecule has 1 atom stereocenters. The lowest BCUT2D eigenvalue weighted by Crippen LogP contribution is -2.34. The van der Waals surface area contributed by atoms with Crippen molar-refractivity contribution in [3.05, 3.63) is 71.3 Å². The third-order valence-electron chi connectivity index (χ3n) is 3.34. The van der Waals surface area contributed by atoms with Crippen LogP contribution < -0.4 is 5.73 Å². The van der Waals surface area contributed by atoms with Gasteiger partial charge in [-0.2, -0.15) is 0 Å². The van der Waals surface area contributed by atoms with Gasteiger partial charge in [0.2, 0.25) is 0 Å². The van der Waals surface area contributed by atoms with E-state index in [0.717, 1.165) is 17.5 Å². The zero-order valence-corrected chi connectivity index (χ0v) is 10.5. The highest BCUT2D eigenvalue weighted by Gasteiger charge is 2.22. The summed E-state index contributed by atoms with van der Waals surface area (Å²) in [6.45, 7) is 4.22. The topological polar surface area (TPSA) is 26.0 Å². The second kappa shape index (κ2) is 4.72. The molecule has 0 aliphatic carbocycles. The van der Waals surface area contributed by atoms with Gasteiger partial charge in [0.05, 0.1) is 5.54 Å². The molecule has 1 heteroatoms. The van der Waals surface area contributed by atoms with Crippen molar-refractivity contribution in [2.75, 3.05) is 0 Å². The molecule has 0 aromatic heterocycles. The van der Waals surface area contributed by atoms with Gasteiger partial charge in [-0.25, -0.2) is 0 Å². The van der Waals surface area contributed by atoms with Crippen LogP contribution in [0.15, 0.2) is 54.6 Å². The first-order chi connectivity index (χ1) is 8.14. The van der Waals surface area contributed by atoms with Gasteiger partial charge in [0.15, 0.2) is 0 Å². The van der Waals surface area contributed by atoms with Crippen LogP contribution in [0, 0.1) is 0 Å². The molecular weight excluding hydrogens is 206 g/mol. The second-order valence-corrected chi connectivity index (χ2v) is 4.62. The van der Waals surface area contributed by atoms with E-state index in [9.17, 15) is 0 Å². The Morgan fingerprint density at radius 3 is 1.94 bits per heavy atom. The number of hydrogen-bond donors (Lipinski definition) is 1. The van der Waals surface area contributed by atoms with E-state index in [2.05, 4.69) is 50.2 Å². The molecule has 1 nitrogen and oxygen atoms in total. The molecule has 0 saturated heterocycles. The van der Waals surface area contributed by atoms with Crippen molar-refractivity contribution < 1.29 is 0 Å². The quantitative estimate of drug-likeness (QED) is 0.850. The molecule has 2 N–H and O–H groups in total. The summed E-state index contributed by atoms with van der Waals surface area (Å²) in [5.41, 5.74) is 9.67. The van der Waals surface area contributed by atoms with Gasteiger partial charge in [0, 0.05) is 0 Å². The molecule has 0 radical (unpaired) electrons. The average Bonchev–Trinajstić information content (AvgIpc) is 2.40. The third-order valence-corrected chi connectivity index (χ3v) is 3.34. The molecule has 0 heterocycles. The van der Waals surface area contributed by atoms with Gasteiger partial charge in [-0.15, -0.1) is 0 Å². The van der Waals surface area contributed by atoms with Crippen LogP contribution in [0.5, 0.6) is 0 Å². The minimum absolute atomic E-state index is 0.423. The van der Waals surface area contributed by atoms with Crippen LogP contribution in [-0.4, -0.2) is 0 Å². The summed E-state index contributed by atoms with van der Waals surface area (Å²) < 4.78 is 0. The van der Waals surface area contributed by atoms with Crippen molar-refractivity contribution in [2.24, 2.45) is 5.73 Å². The molecule has 0 fully saturated rings. The Hall–Kier alpha value is -1.60. The first-order valence-electron chi connectivity index (χ1n) is 6.08. The fourth-order valence-electron chi connectivity index (χ4n) is 2.04. The lowest BCUT2D eigenvalue weighted by Gasteiger charge is -2.26. The minimum Gasteiger partial charge on any atom is -0.318 e. The van der Waals surface area contributed by atoms with E-state index in [1.54, 1.807) is 0 Å². The first kappa shape index (κ1) is 11.9. The van der Waals surface area contributed by atoms with Crippen molar-refractivity contribution >= 4 is 0 Å². The molecule has 1 unspecified atom stereocenters. The van der Waals surface area contributed by atoms with Gasteiger partial charge in [-0.05, 0) is 30.0 Å². The summed E-state index contributed by atoms with van der Waals surface area (Å²) in [5.74, 6) is 0. The summed E-state index contributed by atoms with van der Waals surface area (Å²) in [6, 6.07) is 18.8. The van der Waals surface area contributed by atoms with Crippen molar-refractivity contribution in [3.8, 4) is 0 Å². The van der Waals surface area contributed by atoms with E-state index < -0.39 is 5.54 Å². The number of hydrogen-bond acceptors (Lipinski definition) is 1. The third kappa shape index (κ3) is 2.40. The van der Waals surface area contributed by atoms with Crippen LogP contribution in [0.2, 0.25) is 0 Å². The summed E-state index contributed by atoms with van der Waals surface area (Å²) in [7, 11) is 0. The van der Waals surface area contributed by atoms with Gasteiger partial charge in [0.25, 0.3) is 0 Å². The van der Waals surface area contributed by atoms with Crippen LogP contribution in [0.3, 0.4) is 0 Å². The zero-order valence-electron chi connectivity index (χ0n) is 10.5. The van der Waals surface area contributed by atoms with Crippen molar-refractivity contribution in [1.29, 1.82) is 0 Å². The summed E-state index contributed by atoms with van der Waals surface area (Å²) in [4.78, 5) is 0. The summed E-state index contributed by atoms with van der Waals surface area (Å²) in [6.07, 6.45) is 1.06. The van der Waals surface area contributed by atoms with E-state index in [4.69, 9.17) is 5.73 Å². The molecule has 0 bridgehead atoms. The van der Waals surface area contributed by atoms with Crippen molar-refractivity contribution in [2.45, 2.75) is 25.8 Å². The van der Waals surface area contributed by atoms with Gasteiger partial charge in [0.1, 0.15) is 0 Å². The molecule has 2 aromatic carbocycles. The predicted octanol–water partition coefficient (Wildman–Crippen LogP) is 3.47. The molecule has 0 aliphatic heterocycles. The number of rotatable bonds is 3. The van der Waals surface area contributed by atoms with Gasteiger partial charge in [-0.1, -0.05) is 61.5 Å². The molecule has 0 amide bonds. The highest BCUT2D eigenvalue weighted by Crippen LogP contribution is 2.26. The van der Waals surface area contributed by atoms with Gasteiger partial charge < -0.3 is 5.73 Å². The molecular formula is C16H19N. The van der Waals surface area contributed by atoms with Crippen LogP contribution >= 0.6 is 0 Å². The molecule has 2 rings (SSSR count). The maximum Gasteiger partial charge on any atom is 0.0636 e.